The van der Waals surface area contributed by atoms with Gasteiger partial charge in [0.2, 0.25) is 5.91 Å². The maximum absolute atomic E-state index is 11.3. The number of hydrogen-bond acceptors (Lipinski definition) is 2. The van der Waals surface area contributed by atoms with E-state index in [4.69, 9.17) is 0 Å². The number of carbonyl (C=O) groups excluding carboxylic acids is 1. The van der Waals surface area contributed by atoms with Gasteiger partial charge in [0.25, 0.3) is 0 Å². The molecule has 1 unspecified atom stereocenters. The van der Waals surface area contributed by atoms with Gasteiger partial charge in [-0.1, -0.05) is 22.9 Å². The smallest absolute Gasteiger partial charge is 0.236 e. The third kappa shape index (κ3) is 6.05. The number of carbonyl (C=O) groups is 1. The van der Waals surface area contributed by atoms with E-state index in [0.717, 1.165) is 6.42 Å². The van der Waals surface area contributed by atoms with Crippen molar-refractivity contribution in [3.63, 3.8) is 0 Å². The summed E-state index contributed by atoms with van der Waals surface area (Å²) in [5.41, 5.74) is 0. The van der Waals surface area contributed by atoms with E-state index >= 15 is 0 Å². The average molecular weight is 252 g/mol. The molecule has 3 nitrogen and oxygen atoms in total. The highest BCUT2D eigenvalue weighted by Gasteiger charge is 2.22. The van der Waals surface area contributed by atoms with E-state index in [-0.39, 0.29) is 12.0 Å². The summed E-state index contributed by atoms with van der Waals surface area (Å²) in [5, 5.41) is 12.0. The van der Waals surface area contributed by atoms with Crippen LogP contribution in [-0.4, -0.2) is 28.0 Å². The minimum Gasteiger partial charge on any atom is -0.393 e. The highest BCUT2D eigenvalue weighted by Crippen LogP contribution is 2.15. The van der Waals surface area contributed by atoms with Crippen molar-refractivity contribution in [1.29, 1.82) is 0 Å². The highest BCUT2D eigenvalue weighted by molar-refractivity contribution is 9.10. The second-order valence-electron chi connectivity index (χ2n) is 3.58. The van der Waals surface area contributed by atoms with Crippen molar-refractivity contribution in [3.8, 4) is 0 Å². The Hall–Kier alpha value is -0.0900. The molecule has 0 aliphatic heterocycles. The highest BCUT2D eigenvalue weighted by atomic mass is 79.9. The van der Waals surface area contributed by atoms with Gasteiger partial charge in [0.1, 0.15) is 0 Å². The van der Waals surface area contributed by atoms with Crippen molar-refractivity contribution in [2.75, 3.05) is 6.54 Å². The van der Waals surface area contributed by atoms with E-state index in [9.17, 15) is 9.90 Å². The van der Waals surface area contributed by atoms with E-state index in [2.05, 4.69) is 21.2 Å². The zero-order valence-corrected chi connectivity index (χ0v) is 10.0. The van der Waals surface area contributed by atoms with E-state index in [0.29, 0.717) is 13.0 Å². The molecule has 0 saturated heterocycles. The summed E-state index contributed by atoms with van der Waals surface area (Å²) in [6, 6.07) is 0. The number of rotatable bonds is 5. The Bertz CT molecular complexity index is 165. The van der Waals surface area contributed by atoms with E-state index in [1.807, 2.05) is 6.92 Å². The van der Waals surface area contributed by atoms with Crippen LogP contribution in [0.25, 0.3) is 0 Å². The van der Waals surface area contributed by atoms with Gasteiger partial charge in [-0.25, -0.2) is 0 Å². The summed E-state index contributed by atoms with van der Waals surface area (Å²) < 4.78 is -0.524. The second-order valence-corrected chi connectivity index (χ2v) is 5.56. The molecule has 13 heavy (non-hydrogen) atoms. The average Bonchev–Trinajstić information content (AvgIpc) is 2.02. The molecule has 0 rings (SSSR count). The van der Waals surface area contributed by atoms with Crippen molar-refractivity contribution in [1.82, 2.24) is 5.32 Å². The molecule has 2 N–H and O–H groups in total. The van der Waals surface area contributed by atoms with Crippen LogP contribution in [0.2, 0.25) is 0 Å². The van der Waals surface area contributed by atoms with Crippen molar-refractivity contribution < 1.29 is 9.90 Å². The zero-order valence-electron chi connectivity index (χ0n) is 8.43. The number of nitrogens with one attached hydrogen (secondary N) is 1. The Morgan fingerprint density at radius 1 is 1.62 bits per heavy atom. The number of hydrogen-bond donors (Lipinski definition) is 2. The van der Waals surface area contributed by atoms with Gasteiger partial charge in [0.05, 0.1) is 10.4 Å². The molecule has 0 spiro atoms. The molecule has 0 bridgehead atoms. The summed E-state index contributed by atoms with van der Waals surface area (Å²) in [5.74, 6) is -0.0456. The summed E-state index contributed by atoms with van der Waals surface area (Å²) in [6.07, 6.45) is 1.04. The molecule has 1 atom stereocenters. The number of amides is 1. The Balaban J connectivity index is 3.60. The first-order valence-electron chi connectivity index (χ1n) is 4.53. The van der Waals surface area contributed by atoms with Crippen molar-refractivity contribution in [2.24, 2.45) is 0 Å². The topological polar surface area (TPSA) is 49.3 Å². The van der Waals surface area contributed by atoms with Crippen LogP contribution >= 0.6 is 15.9 Å². The van der Waals surface area contributed by atoms with Crippen LogP contribution < -0.4 is 5.32 Å². The number of aliphatic hydroxyl groups is 1. The molecular formula is C9H18BrNO2. The number of alkyl halides is 1. The number of aliphatic hydroxyl groups excluding tert-OH is 1. The molecule has 0 heterocycles. The molecule has 0 aromatic rings. The fraction of sp³-hybridized carbons (Fsp3) is 0.889. The Morgan fingerprint density at radius 3 is 2.54 bits per heavy atom. The van der Waals surface area contributed by atoms with Crippen LogP contribution in [0.4, 0.5) is 0 Å². The van der Waals surface area contributed by atoms with Gasteiger partial charge in [0.15, 0.2) is 0 Å². The minimum absolute atomic E-state index is 0.0456. The summed E-state index contributed by atoms with van der Waals surface area (Å²) in [4.78, 5) is 11.3. The SMILES string of the molecule is CCC(O)CCNC(=O)C(C)(C)Br. The van der Waals surface area contributed by atoms with Gasteiger partial charge in [-0.05, 0) is 26.7 Å². The molecule has 4 heteroatoms. The van der Waals surface area contributed by atoms with E-state index < -0.39 is 4.32 Å². The molecular weight excluding hydrogens is 234 g/mol. The lowest BCUT2D eigenvalue weighted by atomic mass is 10.2. The summed E-state index contributed by atoms with van der Waals surface area (Å²) in [7, 11) is 0. The maximum Gasteiger partial charge on any atom is 0.236 e. The zero-order chi connectivity index (χ0) is 10.5. The number of halogens is 1. The van der Waals surface area contributed by atoms with Crippen LogP contribution in [0.15, 0.2) is 0 Å². The Morgan fingerprint density at radius 2 is 2.15 bits per heavy atom. The second kappa shape index (κ2) is 5.60. The van der Waals surface area contributed by atoms with Crippen LogP contribution in [0.3, 0.4) is 0 Å². The van der Waals surface area contributed by atoms with Gasteiger partial charge in [-0.2, -0.15) is 0 Å². The van der Waals surface area contributed by atoms with Crippen LogP contribution in [0.5, 0.6) is 0 Å². The monoisotopic (exact) mass is 251 g/mol. The minimum atomic E-state index is -0.524. The predicted octanol–water partition coefficient (Wildman–Crippen LogP) is 1.44. The van der Waals surface area contributed by atoms with Crippen molar-refractivity contribution in [2.45, 2.75) is 44.0 Å². The van der Waals surface area contributed by atoms with E-state index in [1.165, 1.54) is 0 Å². The van der Waals surface area contributed by atoms with Crippen LogP contribution in [-0.2, 0) is 4.79 Å². The Kier molecular flexibility index (Phi) is 5.56. The van der Waals surface area contributed by atoms with Crippen molar-refractivity contribution >= 4 is 21.8 Å². The predicted molar refractivity (Wildman–Crippen MR) is 56.9 cm³/mol. The van der Waals surface area contributed by atoms with E-state index in [1.54, 1.807) is 13.8 Å². The first-order chi connectivity index (χ1) is 5.88. The molecule has 1 amide bonds. The van der Waals surface area contributed by atoms with Gasteiger partial charge >= 0.3 is 0 Å². The maximum atomic E-state index is 11.3. The normalized spacial score (nSPS) is 13.9. The van der Waals surface area contributed by atoms with Crippen molar-refractivity contribution in [3.05, 3.63) is 0 Å². The quantitative estimate of drug-likeness (QED) is 0.727. The molecule has 0 radical (unpaired) electrons. The fourth-order valence-electron chi connectivity index (χ4n) is 0.767. The molecule has 0 aromatic carbocycles. The molecule has 0 fully saturated rings. The van der Waals surface area contributed by atoms with Crippen LogP contribution in [0.1, 0.15) is 33.6 Å². The molecule has 0 saturated carbocycles. The molecule has 0 aliphatic carbocycles. The summed E-state index contributed by atoms with van der Waals surface area (Å²) in [6.45, 7) is 6.03. The first-order valence-corrected chi connectivity index (χ1v) is 5.32. The lowest BCUT2D eigenvalue weighted by Gasteiger charge is -2.16. The third-order valence-electron chi connectivity index (χ3n) is 1.77. The Labute approximate surface area is 88.0 Å². The molecule has 0 aliphatic rings. The van der Waals surface area contributed by atoms with Gasteiger partial charge < -0.3 is 10.4 Å². The largest absolute Gasteiger partial charge is 0.393 e. The van der Waals surface area contributed by atoms with Gasteiger partial charge in [0, 0.05) is 6.54 Å². The third-order valence-corrected chi connectivity index (χ3v) is 2.13. The van der Waals surface area contributed by atoms with Crippen LogP contribution in [0, 0.1) is 0 Å². The van der Waals surface area contributed by atoms with Gasteiger partial charge in [-0.15, -0.1) is 0 Å². The van der Waals surface area contributed by atoms with Gasteiger partial charge in [-0.3, -0.25) is 4.79 Å². The first kappa shape index (κ1) is 12.9. The fourth-order valence-corrected chi connectivity index (χ4v) is 0.907. The molecule has 0 aromatic heterocycles. The standard InChI is InChI=1S/C9H18BrNO2/c1-4-7(12)5-6-11-8(13)9(2,3)10/h7,12H,4-6H2,1-3H3,(H,11,13). The lowest BCUT2D eigenvalue weighted by Crippen LogP contribution is -2.38. The summed E-state index contributed by atoms with van der Waals surface area (Å²) >= 11 is 3.25. The lowest BCUT2D eigenvalue weighted by molar-refractivity contribution is -0.122. The molecule has 78 valence electrons.